The first-order valence-electron chi connectivity index (χ1n) is 8.55. The van der Waals surface area contributed by atoms with E-state index in [1.807, 2.05) is 29.5 Å². The largest absolute Gasteiger partial charge is 0.504 e. The summed E-state index contributed by atoms with van der Waals surface area (Å²) >= 11 is 3.20. The van der Waals surface area contributed by atoms with Crippen molar-refractivity contribution in [1.82, 2.24) is 4.90 Å². The van der Waals surface area contributed by atoms with Crippen LogP contribution in [0.2, 0.25) is 0 Å². The topological polar surface area (TPSA) is 99.4 Å². The Morgan fingerprint density at radius 2 is 2.10 bits per heavy atom. The number of carboxylic acids is 1. The van der Waals surface area contributed by atoms with E-state index in [2.05, 4.69) is 4.99 Å². The number of halogens is 1. The maximum Gasteiger partial charge on any atom is 0.335 e. The van der Waals surface area contributed by atoms with Crippen LogP contribution in [0, 0.1) is 3.57 Å². The average Bonchev–Trinajstić information content (AvgIpc) is 2.94. The molecule has 0 bridgehead atoms. The number of thioether (sulfide) groups is 1. The summed E-state index contributed by atoms with van der Waals surface area (Å²) in [6.07, 6.45) is 1.71. The SMILES string of the molecule is CCOc1cc(/C=C2/SC(=Nc3cccc(C(=O)O)c3)N(C)C2=O)cc(I)c1O. The van der Waals surface area contributed by atoms with Crippen molar-refractivity contribution in [2.45, 2.75) is 6.92 Å². The van der Waals surface area contributed by atoms with Crippen molar-refractivity contribution in [1.29, 1.82) is 0 Å². The van der Waals surface area contributed by atoms with Crippen LogP contribution in [0.5, 0.6) is 11.5 Å². The third kappa shape index (κ3) is 4.73. The van der Waals surface area contributed by atoms with Crippen LogP contribution in [0.3, 0.4) is 0 Å². The second kappa shape index (κ2) is 8.87. The summed E-state index contributed by atoms with van der Waals surface area (Å²) in [5.74, 6) is -0.834. The minimum absolute atomic E-state index is 0.0673. The van der Waals surface area contributed by atoms with Gasteiger partial charge in [-0.2, -0.15) is 0 Å². The molecule has 0 saturated carbocycles. The number of phenols is 1. The van der Waals surface area contributed by atoms with Gasteiger partial charge in [-0.3, -0.25) is 9.69 Å². The molecule has 0 aliphatic carbocycles. The summed E-state index contributed by atoms with van der Waals surface area (Å²) in [4.78, 5) is 30.1. The fraction of sp³-hybridized carbons (Fsp3) is 0.150. The van der Waals surface area contributed by atoms with Gasteiger partial charge in [-0.15, -0.1) is 0 Å². The fourth-order valence-electron chi connectivity index (χ4n) is 2.56. The lowest BCUT2D eigenvalue weighted by atomic mass is 10.2. The van der Waals surface area contributed by atoms with E-state index in [1.165, 1.54) is 28.8 Å². The highest BCUT2D eigenvalue weighted by molar-refractivity contribution is 14.1. The van der Waals surface area contributed by atoms with Crippen molar-refractivity contribution in [2.24, 2.45) is 4.99 Å². The number of amides is 1. The van der Waals surface area contributed by atoms with Crippen LogP contribution in [0.25, 0.3) is 6.08 Å². The number of rotatable bonds is 5. The molecule has 0 radical (unpaired) electrons. The molecular formula is C20H17IN2O5S. The minimum atomic E-state index is -1.04. The predicted octanol–water partition coefficient (Wildman–Crippen LogP) is 4.33. The lowest BCUT2D eigenvalue weighted by molar-refractivity contribution is -0.121. The lowest BCUT2D eigenvalue weighted by Gasteiger charge is -2.09. The van der Waals surface area contributed by atoms with Gasteiger partial charge in [-0.25, -0.2) is 9.79 Å². The number of nitrogens with zero attached hydrogens (tertiary/aromatic N) is 2. The summed E-state index contributed by atoms with van der Waals surface area (Å²) < 4.78 is 6.06. The second-order valence-electron chi connectivity index (χ2n) is 6.01. The number of carboxylic acid groups (broad SMARTS) is 1. The summed E-state index contributed by atoms with van der Waals surface area (Å²) in [6, 6.07) is 9.65. The third-order valence-corrected chi connectivity index (χ3v) is 5.85. The molecule has 1 saturated heterocycles. The molecule has 1 heterocycles. The highest BCUT2D eigenvalue weighted by Crippen LogP contribution is 2.37. The maximum absolute atomic E-state index is 12.6. The summed E-state index contributed by atoms with van der Waals surface area (Å²) in [6.45, 7) is 2.23. The van der Waals surface area contributed by atoms with E-state index >= 15 is 0 Å². The number of phenolic OH excluding ortho intramolecular Hbond substituents is 1. The zero-order valence-corrected chi connectivity index (χ0v) is 18.5. The van der Waals surface area contributed by atoms with Gasteiger partial charge in [0.25, 0.3) is 5.91 Å². The predicted molar refractivity (Wildman–Crippen MR) is 121 cm³/mol. The molecular weight excluding hydrogens is 507 g/mol. The van der Waals surface area contributed by atoms with Crippen LogP contribution in [0.1, 0.15) is 22.8 Å². The number of carbonyl (C=O) groups is 2. The Hall–Kier alpha value is -2.53. The lowest BCUT2D eigenvalue weighted by Crippen LogP contribution is -2.23. The molecule has 2 aromatic carbocycles. The first-order valence-corrected chi connectivity index (χ1v) is 10.4. The normalized spacial score (nSPS) is 16.7. The van der Waals surface area contributed by atoms with Gasteiger partial charge in [-0.05, 0) is 83.2 Å². The van der Waals surface area contributed by atoms with Gasteiger partial charge in [-0.1, -0.05) is 6.07 Å². The van der Waals surface area contributed by atoms with Crippen molar-refractivity contribution in [3.8, 4) is 11.5 Å². The van der Waals surface area contributed by atoms with Gasteiger partial charge in [0.2, 0.25) is 0 Å². The van der Waals surface area contributed by atoms with E-state index in [9.17, 15) is 14.7 Å². The summed E-state index contributed by atoms with van der Waals surface area (Å²) in [7, 11) is 1.61. The van der Waals surface area contributed by atoms with Gasteiger partial charge < -0.3 is 14.9 Å². The van der Waals surface area contributed by atoms with Crippen LogP contribution >= 0.6 is 34.4 Å². The Kier molecular flexibility index (Phi) is 6.48. The van der Waals surface area contributed by atoms with Crippen molar-refractivity contribution in [3.05, 3.63) is 56.0 Å². The number of benzene rings is 2. The first kappa shape index (κ1) is 21.2. The van der Waals surface area contributed by atoms with E-state index in [0.29, 0.717) is 37.3 Å². The molecule has 2 aromatic rings. The molecule has 7 nitrogen and oxygen atoms in total. The Morgan fingerprint density at radius 1 is 1.34 bits per heavy atom. The summed E-state index contributed by atoms with van der Waals surface area (Å²) in [5.41, 5.74) is 1.29. The highest BCUT2D eigenvalue weighted by Gasteiger charge is 2.30. The molecule has 9 heteroatoms. The van der Waals surface area contributed by atoms with E-state index in [1.54, 1.807) is 37.4 Å². The molecule has 1 fully saturated rings. The van der Waals surface area contributed by atoms with Crippen LogP contribution in [0.4, 0.5) is 5.69 Å². The number of likely N-dealkylation sites (N-methyl/N-ethyl adjacent to an activating group) is 1. The van der Waals surface area contributed by atoms with Crippen LogP contribution < -0.4 is 4.74 Å². The Morgan fingerprint density at radius 3 is 2.79 bits per heavy atom. The zero-order valence-electron chi connectivity index (χ0n) is 15.5. The number of ether oxygens (including phenoxy) is 1. The highest BCUT2D eigenvalue weighted by atomic mass is 127. The molecule has 1 aliphatic heterocycles. The smallest absolute Gasteiger partial charge is 0.335 e. The number of aliphatic imine (C=N–C) groups is 1. The van der Waals surface area contributed by atoms with Crippen molar-refractivity contribution in [2.75, 3.05) is 13.7 Å². The molecule has 3 rings (SSSR count). The van der Waals surface area contributed by atoms with Crippen molar-refractivity contribution in [3.63, 3.8) is 0 Å². The average molecular weight is 524 g/mol. The number of aromatic carboxylic acids is 1. The van der Waals surface area contributed by atoms with Gasteiger partial charge in [0.1, 0.15) is 0 Å². The number of hydrogen-bond donors (Lipinski definition) is 2. The van der Waals surface area contributed by atoms with Gasteiger partial charge in [0, 0.05) is 7.05 Å². The number of amidine groups is 1. The van der Waals surface area contributed by atoms with E-state index in [-0.39, 0.29) is 17.2 Å². The van der Waals surface area contributed by atoms with E-state index in [0.717, 1.165) is 0 Å². The second-order valence-corrected chi connectivity index (χ2v) is 8.18. The van der Waals surface area contributed by atoms with Gasteiger partial charge in [0.05, 0.1) is 26.3 Å². The molecule has 2 N–H and O–H groups in total. The molecule has 0 aromatic heterocycles. The molecule has 1 aliphatic rings. The molecule has 150 valence electrons. The fourth-order valence-corrected chi connectivity index (χ4v) is 4.18. The van der Waals surface area contributed by atoms with E-state index in [4.69, 9.17) is 9.84 Å². The van der Waals surface area contributed by atoms with Crippen molar-refractivity contribution < 1.29 is 24.5 Å². The van der Waals surface area contributed by atoms with Crippen LogP contribution in [0.15, 0.2) is 46.3 Å². The molecule has 29 heavy (non-hydrogen) atoms. The molecule has 1 amide bonds. The Balaban J connectivity index is 1.93. The minimum Gasteiger partial charge on any atom is -0.504 e. The zero-order chi connectivity index (χ0) is 21.1. The van der Waals surface area contributed by atoms with Crippen LogP contribution in [-0.2, 0) is 4.79 Å². The van der Waals surface area contributed by atoms with Gasteiger partial charge in [0.15, 0.2) is 16.7 Å². The van der Waals surface area contributed by atoms with Gasteiger partial charge >= 0.3 is 5.97 Å². The monoisotopic (exact) mass is 524 g/mol. The number of aromatic hydroxyl groups is 1. The van der Waals surface area contributed by atoms with E-state index < -0.39 is 5.97 Å². The number of hydrogen-bond acceptors (Lipinski definition) is 6. The number of carbonyl (C=O) groups excluding carboxylic acids is 1. The van der Waals surface area contributed by atoms with Crippen molar-refractivity contribution >= 4 is 63.2 Å². The molecule has 0 spiro atoms. The first-order chi connectivity index (χ1) is 13.8. The molecule has 0 unspecified atom stereocenters. The Bertz CT molecular complexity index is 1050. The third-order valence-electron chi connectivity index (χ3n) is 3.97. The Labute approximate surface area is 185 Å². The standard InChI is InChI=1S/C20H17IN2O5S/c1-3-28-15-8-11(7-14(21)17(15)24)9-16-18(25)23(2)20(29-16)22-13-6-4-5-12(10-13)19(26)27/h4-10,24H,3H2,1-2H3,(H,26,27)/b16-9+,22-20?. The quantitative estimate of drug-likeness (QED) is 0.447. The summed E-state index contributed by atoms with van der Waals surface area (Å²) in [5, 5.41) is 19.6. The van der Waals surface area contributed by atoms with Crippen LogP contribution in [-0.4, -0.2) is 45.8 Å². The maximum atomic E-state index is 12.6. The molecule has 0 atom stereocenters.